The number of rotatable bonds is 5. The van der Waals surface area contributed by atoms with E-state index in [-0.39, 0.29) is 58.1 Å². The van der Waals surface area contributed by atoms with E-state index in [1.54, 1.807) is 0 Å². The van der Waals surface area contributed by atoms with Crippen LogP contribution in [0.25, 0.3) is 0 Å². The molecule has 33 heavy (non-hydrogen) atoms. The zero-order valence-corrected chi connectivity index (χ0v) is 16.9. The first-order chi connectivity index (χ1) is 15.2. The van der Waals surface area contributed by atoms with Crippen LogP contribution in [0.1, 0.15) is 7.43 Å². The lowest BCUT2D eigenvalue weighted by atomic mass is 10.2. The monoisotopic (exact) mass is 479 g/mol. The molecule has 2 N–H and O–H groups in total. The Labute approximate surface area is 187 Å². The number of nitrogens with one attached hydrogen (secondary N) is 2. The second-order valence-electron chi connectivity index (χ2n) is 6.94. The first-order valence-electron chi connectivity index (χ1n) is 9.58. The van der Waals surface area contributed by atoms with Crippen molar-refractivity contribution < 1.29 is 41.4 Å². The van der Waals surface area contributed by atoms with Gasteiger partial charge in [-0.3, -0.25) is 9.69 Å². The van der Waals surface area contributed by atoms with Crippen LogP contribution in [0, 0.1) is 11.6 Å². The van der Waals surface area contributed by atoms with Crippen LogP contribution in [0.4, 0.5) is 38.5 Å². The Morgan fingerprint density at radius 3 is 2.52 bits per heavy atom. The van der Waals surface area contributed by atoms with Gasteiger partial charge in [-0.15, -0.1) is 0 Å². The maximum absolute atomic E-state index is 14.8. The summed E-state index contributed by atoms with van der Waals surface area (Å²) in [4.78, 5) is 37.0. The van der Waals surface area contributed by atoms with Crippen LogP contribution in [-0.4, -0.2) is 82.0 Å². The number of hydrogen-bond donors (Lipinski definition) is 2. The van der Waals surface area contributed by atoms with Gasteiger partial charge in [-0.2, -0.15) is 8.78 Å². The van der Waals surface area contributed by atoms with Gasteiger partial charge >= 0.3 is 18.6 Å². The normalized spacial score (nSPS) is 18.5. The number of nitrogens with zero attached hydrogens (tertiary/aromatic N) is 3. The molecular weight excluding hydrogens is 454 g/mol. The fraction of sp³-hybridized carbons (Fsp3) is 0.526. The maximum atomic E-state index is 14.8. The van der Waals surface area contributed by atoms with Crippen LogP contribution < -0.4 is 20.5 Å². The van der Waals surface area contributed by atoms with Crippen LogP contribution in [0.5, 0.6) is 0 Å². The molecule has 1 aromatic rings. The number of hydrazine groups is 1. The number of amides is 3. The van der Waals surface area contributed by atoms with Crippen molar-refractivity contribution in [3.8, 4) is 0 Å². The van der Waals surface area contributed by atoms with Crippen molar-refractivity contribution >= 4 is 29.5 Å². The Morgan fingerprint density at radius 1 is 1.24 bits per heavy atom. The molecule has 3 rings (SSSR count). The molecule has 0 aliphatic carbocycles. The summed E-state index contributed by atoms with van der Waals surface area (Å²) in [6, 6.07) is 1.91. The SMILES string of the molecule is C.COC(=O)N1CCN(c2c(F)cc(N3C[C@H](CNC(=O)C(F)F)OC3=O)cc2F)CCN1. The molecule has 184 valence electrons. The summed E-state index contributed by atoms with van der Waals surface area (Å²) in [5.41, 5.74) is 2.34. The molecule has 2 heterocycles. The third kappa shape index (κ3) is 5.94. The van der Waals surface area contributed by atoms with Crippen LogP contribution >= 0.6 is 0 Å². The summed E-state index contributed by atoms with van der Waals surface area (Å²) in [6.07, 6.45) is -5.74. The zero-order valence-electron chi connectivity index (χ0n) is 16.9. The van der Waals surface area contributed by atoms with E-state index in [0.717, 1.165) is 17.0 Å². The molecule has 2 aliphatic rings. The second kappa shape index (κ2) is 11.0. The lowest BCUT2D eigenvalue weighted by Gasteiger charge is -2.24. The lowest BCUT2D eigenvalue weighted by Crippen LogP contribution is -2.43. The predicted octanol–water partition coefficient (Wildman–Crippen LogP) is 1.70. The van der Waals surface area contributed by atoms with E-state index < -0.39 is 42.3 Å². The molecule has 1 aromatic carbocycles. The number of halogens is 4. The molecule has 0 unspecified atom stereocenters. The standard InChI is InChI=1S/C18H21F4N5O5.CH4/c1-31-18(30)27-5-4-25(3-2-24-27)14-12(19)6-10(7-13(14)20)26-9-11(32-17(26)29)8-23-16(28)15(21)22;/h6-7,11,15,24H,2-5,8-9H2,1H3,(H,23,28);1H4/t11-;/m0./s1. The number of cyclic esters (lactones) is 1. The average Bonchev–Trinajstić information content (AvgIpc) is 2.95. The minimum absolute atomic E-state index is 0. The van der Waals surface area contributed by atoms with Crippen molar-refractivity contribution in [2.75, 3.05) is 56.2 Å². The van der Waals surface area contributed by atoms with Gasteiger partial charge in [-0.1, -0.05) is 7.43 Å². The summed E-state index contributed by atoms with van der Waals surface area (Å²) in [7, 11) is 1.21. The highest BCUT2D eigenvalue weighted by molar-refractivity contribution is 5.90. The summed E-state index contributed by atoms with van der Waals surface area (Å²) in [5.74, 6) is -3.39. The first kappa shape index (κ1) is 26.0. The van der Waals surface area contributed by atoms with Crippen LogP contribution in [0.3, 0.4) is 0 Å². The van der Waals surface area contributed by atoms with Gasteiger partial charge in [0, 0.05) is 31.8 Å². The summed E-state index contributed by atoms with van der Waals surface area (Å²) >= 11 is 0. The van der Waals surface area contributed by atoms with Crippen LogP contribution in [0.15, 0.2) is 12.1 Å². The fourth-order valence-corrected chi connectivity index (χ4v) is 3.36. The van der Waals surface area contributed by atoms with E-state index in [1.165, 1.54) is 17.0 Å². The van der Waals surface area contributed by atoms with Gasteiger partial charge < -0.3 is 19.7 Å². The van der Waals surface area contributed by atoms with Crippen molar-refractivity contribution in [3.63, 3.8) is 0 Å². The molecule has 3 amide bonds. The molecule has 10 nitrogen and oxygen atoms in total. The zero-order chi connectivity index (χ0) is 23.4. The van der Waals surface area contributed by atoms with Crippen molar-refractivity contribution in [2.45, 2.75) is 20.0 Å². The largest absolute Gasteiger partial charge is 0.452 e. The van der Waals surface area contributed by atoms with E-state index >= 15 is 0 Å². The number of methoxy groups -OCH3 is 1. The van der Waals surface area contributed by atoms with Gasteiger partial charge in [-0.25, -0.2) is 28.8 Å². The van der Waals surface area contributed by atoms with Crippen molar-refractivity contribution in [1.82, 2.24) is 15.8 Å². The topological polar surface area (TPSA) is 103 Å². The van der Waals surface area contributed by atoms with Crippen molar-refractivity contribution in [2.24, 2.45) is 0 Å². The maximum Gasteiger partial charge on any atom is 0.424 e. The van der Waals surface area contributed by atoms with Gasteiger partial charge in [0.05, 0.1) is 32.4 Å². The van der Waals surface area contributed by atoms with Crippen LogP contribution in [0.2, 0.25) is 0 Å². The highest BCUT2D eigenvalue weighted by Gasteiger charge is 2.34. The number of carbonyl (C=O) groups is 3. The Morgan fingerprint density at radius 2 is 1.91 bits per heavy atom. The van der Waals surface area contributed by atoms with E-state index in [4.69, 9.17) is 4.74 Å². The van der Waals surface area contributed by atoms with Gasteiger partial charge in [0.1, 0.15) is 11.8 Å². The molecule has 2 saturated heterocycles. The number of carbonyl (C=O) groups excluding carboxylic acids is 3. The number of anilines is 2. The molecule has 0 radical (unpaired) electrons. The van der Waals surface area contributed by atoms with Gasteiger partial charge in [0.2, 0.25) is 0 Å². The number of hydrogen-bond acceptors (Lipinski definition) is 7. The Kier molecular flexibility index (Phi) is 8.68. The Bertz CT molecular complexity index is 867. The number of alkyl halides is 2. The molecule has 0 spiro atoms. The molecule has 2 fully saturated rings. The average molecular weight is 479 g/mol. The van der Waals surface area contributed by atoms with E-state index in [9.17, 15) is 31.9 Å². The van der Waals surface area contributed by atoms with Crippen LogP contribution in [-0.2, 0) is 14.3 Å². The molecule has 14 heteroatoms. The minimum Gasteiger partial charge on any atom is -0.452 e. The van der Waals surface area contributed by atoms with E-state index in [0.29, 0.717) is 0 Å². The highest BCUT2D eigenvalue weighted by Crippen LogP contribution is 2.31. The summed E-state index contributed by atoms with van der Waals surface area (Å²) < 4.78 is 63.8. The minimum atomic E-state index is -3.21. The molecular formula is C19H25F4N5O5. The highest BCUT2D eigenvalue weighted by atomic mass is 19.3. The van der Waals surface area contributed by atoms with E-state index in [2.05, 4.69) is 10.2 Å². The molecule has 1 atom stereocenters. The number of ether oxygens (including phenoxy) is 2. The Hall–Kier alpha value is -3.29. The molecule has 0 bridgehead atoms. The smallest absolute Gasteiger partial charge is 0.424 e. The van der Waals surface area contributed by atoms with E-state index in [1.807, 2.05) is 5.32 Å². The molecule has 0 aromatic heterocycles. The lowest BCUT2D eigenvalue weighted by molar-refractivity contribution is -0.132. The third-order valence-corrected chi connectivity index (χ3v) is 4.88. The third-order valence-electron chi connectivity index (χ3n) is 4.88. The van der Waals surface area contributed by atoms with Crippen molar-refractivity contribution in [1.29, 1.82) is 0 Å². The number of benzene rings is 1. The van der Waals surface area contributed by atoms with Crippen molar-refractivity contribution in [3.05, 3.63) is 23.8 Å². The van der Waals surface area contributed by atoms with Gasteiger partial charge in [0.15, 0.2) is 11.6 Å². The predicted molar refractivity (Wildman–Crippen MR) is 109 cm³/mol. The summed E-state index contributed by atoms with van der Waals surface area (Å²) in [6.45, 7) is 0.0809. The Balaban J connectivity index is 0.00000385. The first-order valence-corrected chi connectivity index (χ1v) is 9.58. The quantitative estimate of drug-likeness (QED) is 0.620. The van der Waals surface area contributed by atoms with Gasteiger partial charge in [0.25, 0.3) is 5.91 Å². The molecule has 2 aliphatic heterocycles. The fourth-order valence-electron chi connectivity index (χ4n) is 3.36. The molecule has 0 saturated carbocycles. The second-order valence-corrected chi connectivity index (χ2v) is 6.94. The van der Waals surface area contributed by atoms with Gasteiger partial charge in [-0.05, 0) is 0 Å². The summed E-state index contributed by atoms with van der Waals surface area (Å²) in [5, 5.41) is 3.11.